The summed E-state index contributed by atoms with van der Waals surface area (Å²) < 4.78 is 0. The van der Waals surface area contributed by atoms with Crippen LogP contribution < -0.4 is 0 Å². The Bertz CT molecular complexity index is 2260. The van der Waals surface area contributed by atoms with Gasteiger partial charge in [0, 0.05) is 17.3 Å². The molecular weight excluding hydrogens is 589 g/mol. The van der Waals surface area contributed by atoms with Gasteiger partial charge in [-0.25, -0.2) is 0 Å². The predicted octanol–water partition coefficient (Wildman–Crippen LogP) is 12.5. The van der Waals surface area contributed by atoms with Crippen LogP contribution >= 0.6 is 0 Å². The smallest absolute Gasteiger partial charge is 0.0415 e. The number of allylic oxidation sites excluding steroid dienone is 1. The van der Waals surface area contributed by atoms with Crippen LogP contribution in [0.3, 0.4) is 0 Å². The van der Waals surface area contributed by atoms with Gasteiger partial charge >= 0.3 is 0 Å². The lowest BCUT2D eigenvalue weighted by atomic mass is 9.55. The standard InChI is InChI=1S/C49H40/c1-3-33-22-27-42-43-28-23-34(4-2)31-46(43)48(45(42)30-33)49(38-16-7-5-8-17-38,39-18-9-6-10-19-39)47-29-26-36-24-25-37(32-44(36)47)41-21-13-15-35-14-11-12-20-40(35)41/h5-32,47-48H,3-4H2,1-2H3. The van der Waals surface area contributed by atoms with Crippen molar-refractivity contribution in [2.24, 2.45) is 0 Å². The number of aryl methyl sites for hydroxylation is 2. The fraction of sp³-hybridized carbons (Fsp3) is 0.143. The first-order valence-electron chi connectivity index (χ1n) is 17.9. The molecule has 2 aliphatic carbocycles. The molecule has 0 saturated carbocycles. The quantitative estimate of drug-likeness (QED) is 0.165. The van der Waals surface area contributed by atoms with E-state index in [4.69, 9.17) is 0 Å². The molecule has 0 nitrogen and oxygen atoms in total. The highest BCUT2D eigenvalue weighted by atomic mass is 14.5. The van der Waals surface area contributed by atoms with Gasteiger partial charge in [0.1, 0.15) is 0 Å². The molecule has 49 heavy (non-hydrogen) atoms. The molecule has 0 fully saturated rings. The van der Waals surface area contributed by atoms with Crippen molar-refractivity contribution in [3.63, 3.8) is 0 Å². The lowest BCUT2D eigenvalue weighted by Gasteiger charge is -2.46. The van der Waals surface area contributed by atoms with Gasteiger partial charge in [-0.15, -0.1) is 0 Å². The average Bonchev–Trinajstić information content (AvgIpc) is 3.74. The largest absolute Gasteiger partial charge is 0.0751 e. The SMILES string of the molecule is CCc1ccc2c(c1)C(C(c1ccccc1)(c1ccccc1)C1C=Cc3ccc(-c4cccc5ccccc45)cc31)c1cc(CC)ccc1-2. The van der Waals surface area contributed by atoms with E-state index in [-0.39, 0.29) is 11.8 Å². The molecule has 1 unspecified atom stereocenters. The van der Waals surface area contributed by atoms with E-state index in [0.29, 0.717) is 0 Å². The summed E-state index contributed by atoms with van der Waals surface area (Å²) in [5, 5.41) is 2.57. The van der Waals surface area contributed by atoms with Crippen LogP contribution in [0.5, 0.6) is 0 Å². The molecule has 0 aliphatic heterocycles. The Balaban J connectivity index is 1.37. The molecule has 0 aromatic heterocycles. The van der Waals surface area contributed by atoms with Crippen molar-refractivity contribution >= 4 is 16.8 Å². The Morgan fingerprint density at radius 1 is 0.490 bits per heavy atom. The van der Waals surface area contributed by atoms with Gasteiger partial charge in [0.05, 0.1) is 0 Å². The second-order valence-corrected chi connectivity index (χ2v) is 13.8. The summed E-state index contributed by atoms with van der Waals surface area (Å²) in [4.78, 5) is 0. The maximum atomic E-state index is 2.53. The van der Waals surface area contributed by atoms with E-state index in [1.54, 1.807) is 0 Å². The molecule has 236 valence electrons. The second kappa shape index (κ2) is 11.9. The van der Waals surface area contributed by atoms with Crippen LogP contribution in [0.25, 0.3) is 39.1 Å². The third kappa shape index (κ3) is 4.58. The highest BCUT2D eigenvalue weighted by Crippen LogP contribution is 2.63. The average molecular weight is 629 g/mol. The van der Waals surface area contributed by atoms with Crippen LogP contribution in [-0.2, 0) is 18.3 Å². The lowest BCUT2D eigenvalue weighted by molar-refractivity contribution is 0.416. The Labute approximate surface area is 290 Å². The van der Waals surface area contributed by atoms with E-state index in [1.807, 2.05) is 0 Å². The Morgan fingerprint density at radius 3 is 1.71 bits per heavy atom. The fourth-order valence-electron chi connectivity index (χ4n) is 9.10. The first-order chi connectivity index (χ1) is 24.2. The molecule has 0 saturated heterocycles. The van der Waals surface area contributed by atoms with Gasteiger partial charge in [0.15, 0.2) is 0 Å². The first kappa shape index (κ1) is 29.7. The molecule has 0 spiro atoms. The topological polar surface area (TPSA) is 0 Å². The maximum Gasteiger partial charge on any atom is 0.0415 e. The van der Waals surface area contributed by atoms with Crippen LogP contribution in [0.15, 0.2) is 164 Å². The van der Waals surface area contributed by atoms with Crippen molar-refractivity contribution in [1.82, 2.24) is 0 Å². The van der Waals surface area contributed by atoms with E-state index < -0.39 is 5.41 Å². The third-order valence-corrected chi connectivity index (χ3v) is 11.4. The number of fused-ring (bicyclic) bond motifs is 5. The van der Waals surface area contributed by atoms with Crippen LogP contribution in [0.4, 0.5) is 0 Å². The van der Waals surface area contributed by atoms with Gasteiger partial charge in [0.2, 0.25) is 0 Å². The molecule has 9 rings (SSSR count). The summed E-state index contributed by atoms with van der Waals surface area (Å²) in [6, 6.07) is 60.0. The van der Waals surface area contributed by atoms with Crippen LogP contribution in [0.2, 0.25) is 0 Å². The van der Waals surface area contributed by atoms with Gasteiger partial charge in [-0.1, -0.05) is 178 Å². The normalized spacial score (nSPS) is 14.9. The van der Waals surface area contributed by atoms with Crippen molar-refractivity contribution in [3.8, 4) is 22.3 Å². The van der Waals surface area contributed by atoms with Crippen LogP contribution in [-0.4, -0.2) is 0 Å². The zero-order valence-electron chi connectivity index (χ0n) is 28.2. The van der Waals surface area contributed by atoms with E-state index in [9.17, 15) is 0 Å². The Hall–Kier alpha value is -5.46. The minimum Gasteiger partial charge on any atom is -0.0751 e. The molecule has 7 aromatic carbocycles. The van der Waals surface area contributed by atoms with Crippen molar-refractivity contribution in [1.29, 1.82) is 0 Å². The molecule has 1 atom stereocenters. The molecule has 0 N–H and O–H groups in total. The van der Waals surface area contributed by atoms with Crippen molar-refractivity contribution < 1.29 is 0 Å². The molecule has 0 heteroatoms. The summed E-state index contributed by atoms with van der Waals surface area (Å²) >= 11 is 0. The van der Waals surface area contributed by atoms with E-state index in [1.165, 1.54) is 77.5 Å². The maximum absolute atomic E-state index is 2.53. The van der Waals surface area contributed by atoms with Crippen molar-refractivity contribution in [2.75, 3.05) is 0 Å². The third-order valence-electron chi connectivity index (χ3n) is 11.4. The second-order valence-electron chi connectivity index (χ2n) is 13.8. The molecule has 0 radical (unpaired) electrons. The minimum atomic E-state index is -0.416. The number of benzene rings is 7. The molecule has 0 heterocycles. The predicted molar refractivity (Wildman–Crippen MR) is 207 cm³/mol. The van der Waals surface area contributed by atoms with Crippen molar-refractivity contribution in [2.45, 2.75) is 43.9 Å². The van der Waals surface area contributed by atoms with Gasteiger partial charge in [0.25, 0.3) is 0 Å². The van der Waals surface area contributed by atoms with Crippen LogP contribution in [0.1, 0.15) is 70.2 Å². The minimum absolute atomic E-state index is 0.0987. The monoisotopic (exact) mass is 628 g/mol. The Morgan fingerprint density at radius 2 is 1.08 bits per heavy atom. The number of hydrogen-bond acceptors (Lipinski definition) is 0. The van der Waals surface area contributed by atoms with E-state index in [0.717, 1.165) is 12.8 Å². The zero-order chi connectivity index (χ0) is 33.0. The molecular formula is C49H40. The van der Waals surface area contributed by atoms with E-state index >= 15 is 0 Å². The molecule has 0 bridgehead atoms. The van der Waals surface area contributed by atoms with E-state index in [2.05, 4.69) is 184 Å². The summed E-state index contributed by atoms with van der Waals surface area (Å²) in [6.45, 7) is 4.56. The molecule has 7 aromatic rings. The van der Waals surface area contributed by atoms with Gasteiger partial charge in [-0.05, 0) is 96.4 Å². The number of hydrogen-bond donors (Lipinski definition) is 0. The highest BCUT2D eigenvalue weighted by Gasteiger charge is 2.53. The van der Waals surface area contributed by atoms with Crippen LogP contribution in [0, 0.1) is 0 Å². The highest BCUT2D eigenvalue weighted by molar-refractivity contribution is 5.97. The zero-order valence-corrected chi connectivity index (χ0v) is 28.2. The van der Waals surface area contributed by atoms with Gasteiger partial charge in [-0.3, -0.25) is 0 Å². The molecule has 2 aliphatic rings. The summed E-state index contributed by atoms with van der Waals surface area (Å²) in [5.41, 5.74) is 16.0. The summed E-state index contributed by atoms with van der Waals surface area (Å²) in [5.74, 6) is 0.212. The lowest BCUT2D eigenvalue weighted by Crippen LogP contribution is -2.40. The first-order valence-corrected chi connectivity index (χ1v) is 17.9. The summed E-state index contributed by atoms with van der Waals surface area (Å²) in [7, 11) is 0. The Kier molecular flexibility index (Phi) is 7.20. The van der Waals surface area contributed by atoms with Gasteiger partial charge < -0.3 is 0 Å². The molecule has 0 amide bonds. The van der Waals surface area contributed by atoms with Gasteiger partial charge in [-0.2, -0.15) is 0 Å². The van der Waals surface area contributed by atoms with Crippen molar-refractivity contribution in [3.05, 3.63) is 208 Å². The fourth-order valence-corrected chi connectivity index (χ4v) is 9.10. The number of rotatable bonds is 7. The summed E-state index contributed by atoms with van der Waals surface area (Å²) in [6.07, 6.45) is 6.93.